The van der Waals surface area contributed by atoms with Crippen molar-refractivity contribution < 1.29 is 49.3 Å². The van der Waals surface area contributed by atoms with Crippen LogP contribution in [-0.4, -0.2) is 99.6 Å². The summed E-state index contributed by atoms with van der Waals surface area (Å²) in [6.07, 6.45) is 63.9. The Morgan fingerprint density at radius 3 is 1.27 bits per heavy atom. The highest BCUT2D eigenvalue weighted by molar-refractivity contribution is 5.80. The minimum Gasteiger partial charge on any atom is -0.454 e. The van der Waals surface area contributed by atoms with Crippen LogP contribution < -0.4 is 5.32 Å². The second kappa shape index (κ2) is 58.7. The Kier molecular flexibility index (Phi) is 55.4. The monoisotopic (exact) mass is 1160 g/mol. The molecule has 0 aromatic heterocycles. The number of unbranched alkanes of at least 4 members (excludes halogenated alkanes) is 37. The van der Waals surface area contributed by atoms with Crippen LogP contribution in [0.15, 0.2) is 60.8 Å². The summed E-state index contributed by atoms with van der Waals surface area (Å²) in [4.78, 5) is 26.6. The van der Waals surface area contributed by atoms with Crippen molar-refractivity contribution in [2.24, 2.45) is 0 Å². The molecule has 0 aliphatic carbocycles. The molecule has 1 saturated heterocycles. The first-order valence-corrected chi connectivity index (χ1v) is 34.6. The van der Waals surface area contributed by atoms with Crippen molar-refractivity contribution in [3.8, 4) is 0 Å². The summed E-state index contributed by atoms with van der Waals surface area (Å²) in [5.74, 6) is -1.19. The molecule has 0 spiro atoms. The molecule has 0 aromatic rings. The van der Waals surface area contributed by atoms with E-state index in [1.54, 1.807) is 6.08 Å². The number of carbonyl (C=O) groups excluding carboxylic acids is 2. The standard InChI is InChI=1S/C71H129NO10/c1-4-7-10-13-16-19-22-25-27-29-31-32-33-35-36-38-40-43-46-49-52-55-58-64(75)70(79)72-62(63(74)57-54-51-48-45-42-24-21-18-15-12-9-6-3)61-80-71-69(68(78)67(77)65(60-73)81-71)82-66(76)59-56-53-50-47-44-41-39-37-34-30-28-26-23-20-17-14-11-8-5-2/h16-17,19-20,25-28,54,57,62-65,67-69,71,73-75,77-78H,4-15,18,21-24,29-53,55-56,58-61H2,1-3H3,(H,72,79)/b19-16-,20-17-,27-25-,28-26-,57-54+. The number of amides is 1. The molecule has 8 atom stereocenters. The van der Waals surface area contributed by atoms with Crippen LogP contribution in [0.5, 0.6) is 0 Å². The van der Waals surface area contributed by atoms with Gasteiger partial charge in [-0.15, -0.1) is 0 Å². The molecule has 6 N–H and O–H groups in total. The second-order valence-electron chi connectivity index (χ2n) is 23.9. The third-order valence-corrected chi connectivity index (χ3v) is 16.1. The average molecular weight is 1160 g/mol. The van der Waals surface area contributed by atoms with E-state index in [9.17, 15) is 35.1 Å². The van der Waals surface area contributed by atoms with Crippen molar-refractivity contribution in [2.45, 2.75) is 365 Å². The Bertz CT molecular complexity index is 1560. The van der Waals surface area contributed by atoms with Crippen LogP contribution in [0, 0.1) is 0 Å². The fraction of sp³-hybridized carbons (Fsp3) is 0.831. The van der Waals surface area contributed by atoms with E-state index in [1.807, 2.05) is 6.08 Å². The second-order valence-corrected chi connectivity index (χ2v) is 23.9. The van der Waals surface area contributed by atoms with Gasteiger partial charge in [-0.2, -0.15) is 0 Å². The van der Waals surface area contributed by atoms with Gasteiger partial charge in [-0.05, 0) is 89.9 Å². The smallest absolute Gasteiger partial charge is 0.306 e. The summed E-state index contributed by atoms with van der Waals surface area (Å²) in [5, 5.41) is 57.2. The molecular weight excluding hydrogens is 1030 g/mol. The van der Waals surface area contributed by atoms with Gasteiger partial charge in [0.05, 0.1) is 25.4 Å². The van der Waals surface area contributed by atoms with E-state index in [0.29, 0.717) is 12.8 Å². The highest BCUT2D eigenvalue weighted by Gasteiger charge is 2.47. The fourth-order valence-corrected chi connectivity index (χ4v) is 10.7. The summed E-state index contributed by atoms with van der Waals surface area (Å²) < 4.78 is 17.7. The Labute approximate surface area is 503 Å². The lowest BCUT2D eigenvalue weighted by Crippen LogP contribution is -2.61. The zero-order valence-corrected chi connectivity index (χ0v) is 53.1. The van der Waals surface area contributed by atoms with Gasteiger partial charge in [0.2, 0.25) is 5.91 Å². The summed E-state index contributed by atoms with van der Waals surface area (Å²) >= 11 is 0. The third-order valence-electron chi connectivity index (χ3n) is 16.1. The highest BCUT2D eigenvalue weighted by Crippen LogP contribution is 2.26. The predicted molar refractivity (Wildman–Crippen MR) is 343 cm³/mol. The van der Waals surface area contributed by atoms with Gasteiger partial charge in [0, 0.05) is 6.42 Å². The van der Waals surface area contributed by atoms with Crippen molar-refractivity contribution in [3.05, 3.63) is 60.8 Å². The number of rotatable bonds is 59. The topological polar surface area (TPSA) is 175 Å². The van der Waals surface area contributed by atoms with E-state index in [4.69, 9.17) is 14.2 Å². The van der Waals surface area contributed by atoms with Crippen molar-refractivity contribution >= 4 is 11.9 Å². The molecule has 478 valence electrons. The summed E-state index contributed by atoms with van der Waals surface area (Å²) in [6, 6.07) is -1.03. The SMILES string of the molecule is CCCCC/C=C\C/C=C\CCCCCCCCCCCCCCC(O)C(=O)NC(COC1OC(CO)C(O)C(O)C1OC(=O)CCCCCCCCCCC/C=C\C/C=C\CCCCC)C(O)/C=C/CCCCCCCCCCCC. The van der Waals surface area contributed by atoms with Gasteiger partial charge >= 0.3 is 5.97 Å². The zero-order valence-electron chi connectivity index (χ0n) is 53.1. The molecule has 0 saturated carbocycles. The molecule has 0 bridgehead atoms. The van der Waals surface area contributed by atoms with Gasteiger partial charge in [0.15, 0.2) is 12.4 Å². The third kappa shape index (κ3) is 45.7. The molecule has 1 fully saturated rings. The number of aliphatic hydroxyl groups is 5. The van der Waals surface area contributed by atoms with Gasteiger partial charge in [-0.25, -0.2) is 0 Å². The van der Waals surface area contributed by atoms with Crippen LogP contribution in [0.25, 0.3) is 0 Å². The number of hydrogen-bond acceptors (Lipinski definition) is 10. The maximum Gasteiger partial charge on any atom is 0.306 e. The van der Waals surface area contributed by atoms with Crippen LogP contribution in [0.2, 0.25) is 0 Å². The van der Waals surface area contributed by atoms with E-state index in [2.05, 4.69) is 74.7 Å². The lowest BCUT2D eigenvalue weighted by Gasteiger charge is -2.41. The number of allylic oxidation sites excluding steroid dienone is 9. The molecule has 0 radical (unpaired) electrons. The number of nitrogens with one attached hydrogen (secondary N) is 1. The largest absolute Gasteiger partial charge is 0.454 e. The van der Waals surface area contributed by atoms with Crippen molar-refractivity contribution in [3.63, 3.8) is 0 Å². The summed E-state index contributed by atoms with van der Waals surface area (Å²) in [7, 11) is 0. The number of esters is 1. The van der Waals surface area contributed by atoms with E-state index in [1.165, 1.54) is 193 Å². The maximum atomic E-state index is 13.5. The number of ether oxygens (including phenoxy) is 3. The number of carbonyl (C=O) groups is 2. The number of hydrogen-bond donors (Lipinski definition) is 6. The molecule has 11 heteroatoms. The minimum atomic E-state index is -1.62. The lowest BCUT2D eigenvalue weighted by atomic mass is 9.99. The van der Waals surface area contributed by atoms with E-state index >= 15 is 0 Å². The quantitative estimate of drug-likeness (QED) is 0.0195. The molecule has 82 heavy (non-hydrogen) atoms. The Balaban J connectivity index is 2.60. The molecule has 1 heterocycles. The first kappa shape index (κ1) is 77.4. The highest BCUT2D eigenvalue weighted by atomic mass is 16.7. The van der Waals surface area contributed by atoms with Gasteiger partial charge < -0.3 is 45.1 Å². The Hall–Kier alpha value is -2.64. The minimum absolute atomic E-state index is 0.119. The van der Waals surface area contributed by atoms with Gasteiger partial charge in [0.25, 0.3) is 0 Å². The zero-order chi connectivity index (χ0) is 59.6. The summed E-state index contributed by atoms with van der Waals surface area (Å²) in [6.45, 7) is 5.77. The number of aliphatic hydroxyl groups excluding tert-OH is 5. The molecule has 1 rings (SSSR count). The van der Waals surface area contributed by atoms with Crippen LogP contribution in [0.4, 0.5) is 0 Å². The Morgan fingerprint density at radius 2 is 0.841 bits per heavy atom. The molecule has 1 amide bonds. The fourth-order valence-electron chi connectivity index (χ4n) is 10.7. The molecule has 8 unspecified atom stereocenters. The maximum absolute atomic E-state index is 13.5. The normalized spacial score (nSPS) is 19.0. The van der Waals surface area contributed by atoms with E-state index in [0.717, 1.165) is 77.0 Å². The molecule has 1 aliphatic heterocycles. The van der Waals surface area contributed by atoms with Gasteiger partial charge in [-0.1, -0.05) is 281 Å². The first-order valence-electron chi connectivity index (χ1n) is 34.6. The van der Waals surface area contributed by atoms with Crippen molar-refractivity contribution in [2.75, 3.05) is 13.2 Å². The molecule has 1 aliphatic rings. The molecule has 11 nitrogen and oxygen atoms in total. The van der Waals surface area contributed by atoms with Crippen molar-refractivity contribution in [1.29, 1.82) is 0 Å². The van der Waals surface area contributed by atoms with Gasteiger partial charge in [0.1, 0.15) is 24.4 Å². The Morgan fingerprint density at radius 1 is 0.476 bits per heavy atom. The average Bonchev–Trinajstić information content (AvgIpc) is 3.68. The molecule has 0 aromatic carbocycles. The predicted octanol–water partition coefficient (Wildman–Crippen LogP) is 17.3. The first-order chi connectivity index (χ1) is 40.2. The van der Waals surface area contributed by atoms with E-state index < -0.39 is 67.4 Å². The van der Waals surface area contributed by atoms with Crippen LogP contribution in [-0.2, 0) is 23.8 Å². The van der Waals surface area contributed by atoms with Crippen LogP contribution in [0.3, 0.4) is 0 Å². The van der Waals surface area contributed by atoms with Crippen LogP contribution >= 0.6 is 0 Å². The van der Waals surface area contributed by atoms with Gasteiger partial charge in [-0.3, -0.25) is 9.59 Å². The van der Waals surface area contributed by atoms with Crippen molar-refractivity contribution in [1.82, 2.24) is 5.32 Å². The lowest BCUT2D eigenvalue weighted by molar-refractivity contribution is -0.305. The summed E-state index contributed by atoms with van der Waals surface area (Å²) in [5.41, 5.74) is 0. The molecular formula is C71H129NO10. The van der Waals surface area contributed by atoms with E-state index in [-0.39, 0.29) is 19.4 Å². The van der Waals surface area contributed by atoms with Crippen LogP contribution in [0.1, 0.15) is 316 Å².